The van der Waals surface area contributed by atoms with Crippen molar-refractivity contribution in [2.45, 2.75) is 40.2 Å². The summed E-state index contributed by atoms with van der Waals surface area (Å²) in [6.45, 7) is 11.7. The standard InChI is InChI=1S/C31H41N7O2/c1-4-37(5-2)20-18-32-29(39)25-12-14-27(15-13-25)35-31-33-17-16-28(36-31)38-19-6-7-26(22-38)30(40)34-21-24-10-8-23(3)9-11-24/h8-17,26H,4-7,18-22H2,1-3H3,(H,32,39)(H,34,40)(H,33,35,36). The SMILES string of the molecule is CCN(CC)CCNC(=O)c1ccc(Nc2nccc(N3CCCC(C(=O)NCc4ccc(C)cc4)C3)n2)cc1. The van der Waals surface area contributed by atoms with Crippen LogP contribution in [0.3, 0.4) is 0 Å². The molecule has 40 heavy (non-hydrogen) atoms. The smallest absolute Gasteiger partial charge is 0.251 e. The number of benzene rings is 2. The first-order chi connectivity index (χ1) is 19.4. The molecule has 2 heterocycles. The molecule has 9 heteroatoms. The zero-order valence-electron chi connectivity index (χ0n) is 23.8. The number of aryl methyl sites for hydroxylation is 1. The molecule has 4 rings (SSSR count). The molecule has 1 saturated heterocycles. The summed E-state index contributed by atoms with van der Waals surface area (Å²) in [5.74, 6) is 1.17. The molecule has 212 valence electrons. The van der Waals surface area contributed by atoms with E-state index in [1.165, 1.54) is 5.56 Å². The number of hydrogen-bond donors (Lipinski definition) is 3. The van der Waals surface area contributed by atoms with Crippen molar-refractivity contribution >= 4 is 29.3 Å². The van der Waals surface area contributed by atoms with E-state index in [-0.39, 0.29) is 17.7 Å². The van der Waals surface area contributed by atoms with E-state index in [2.05, 4.69) is 75.8 Å². The lowest BCUT2D eigenvalue weighted by Gasteiger charge is -2.33. The summed E-state index contributed by atoms with van der Waals surface area (Å²) in [6, 6.07) is 17.4. The highest BCUT2D eigenvalue weighted by molar-refractivity contribution is 5.94. The molecule has 0 spiro atoms. The Balaban J connectivity index is 1.29. The van der Waals surface area contributed by atoms with Crippen molar-refractivity contribution in [3.63, 3.8) is 0 Å². The molecule has 0 saturated carbocycles. The van der Waals surface area contributed by atoms with E-state index < -0.39 is 0 Å². The first-order valence-electron chi connectivity index (χ1n) is 14.2. The van der Waals surface area contributed by atoms with E-state index in [1.807, 2.05) is 18.2 Å². The van der Waals surface area contributed by atoms with Crippen LogP contribution in [0.25, 0.3) is 0 Å². The third kappa shape index (κ3) is 8.26. The second-order valence-electron chi connectivity index (χ2n) is 10.2. The third-order valence-electron chi connectivity index (χ3n) is 7.36. The lowest BCUT2D eigenvalue weighted by Crippen LogP contribution is -2.43. The molecule has 1 fully saturated rings. The second kappa shape index (κ2) is 14.4. The number of hydrogen-bond acceptors (Lipinski definition) is 7. The van der Waals surface area contributed by atoms with E-state index in [0.717, 1.165) is 56.1 Å². The maximum Gasteiger partial charge on any atom is 0.251 e. The largest absolute Gasteiger partial charge is 0.356 e. The molecule has 0 radical (unpaired) electrons. The van der Waals surface area contributed by atoms with Crippen molar-refractivity contribution in [3.8, 4) is 0 Å². The lowest BCUT2D eigenvalue weighted by atomic mass is 9.97. The van der Waals surface area contributed by atoms with Gasteiger partial charge in [-0.25, -0.2) is 4.98 Å². The van der Waals surface area contributed by atoms with Crippen LogP contribution >= 0.6 is 0 Å². The van der Waals surface area contributed by atoms with Crippen LogP contribution in [0.1, 0.15) is 48.2 Å². The van der Waals surface area contributed by atoms with Crippen molar-refractivity contribution < 1.29 is 9.59 Å². The van der Waals surface area contributed by atoms with Crippen LogP contribution in [0, 0.1) is 12.8 Å². The van der Waals surface area contributed by atoms with Crippen LogP contribution in [-0.4, -0.2) is 66.0 Å². The summed E-state index contributed by atoms with van der Waals surface area (Å²) in [5, 5.41) is 9.31. The highest BCUT2D eigenvalue weighted by Crippen LogP contribution is 2.23. The number of carbonyl (C=O) groups is 2. The van der Waals surface area contributed by atoms with Crippen LogP contribution in [0.4, 0.5) is 17.5 Å². The van der Waals surface area contributed by atoms with Crippen molar-refractivity contribution in [3.05, 3.63) is 77.5 Å². The molecule has 2 amide bonds. The van der Waals surface area contributed by atoms with Gasteiger partial charge in [0.25, 0.3) is 5.91 Å². The number of likely N-dealkylation sites (N-methyl/N-ethyl adjacent to an activating group) is 1. The van der Waals surface area contributed by atoms with Gasteiger partial charge in [-0.15, -0.1) is 0 Å². The first kappa shape index (κ1) is 29.0. The average Bonchev–Trinajstić information content (AvgIpc) is 2.99. The Kier molecular flexibility index (Phi) is 10.5. The molecule has 3 aromatic rings. The van der Waals surface area contributed by atoms with Crippen LogP contribution in [0.5, 0.6) is 0 Å². The predicted octanol–water partition coefficient (Wildman–Crippen LogP) is 4.13. The zero-order chi connectivity index (χ0) is 28.3. The minimum Gasteiger partial charge on any atom is -0.356 e. The second-order valence-corrected chi connectivity index (χ2v) is 10.2. The van der Waals surface area contributed by atoms with Gasteiger partial charge in [0.2, 0.25) is 11.9 Å². The Morgan fingerprint density at radius 2 is 1.75 bits per heavy atom. The van der Waals surface area contributed by atoms with Gasteiger partial charge in [0, 0.05) is 50.2 Å². The molecule has 1 aliphatic heterocycles. The van der Waals surface area contributed by atoms with Gasteiger partial charge in [0.05, 0.1) is 5.92 Å². The van der Waals surface area contributed by atoms with Crippen LogP contribution < -0.4 is 20.9 Å². The molecule has 3 N–H and O–H groups in total. The summed E-state index contributed by atoms with van der Waals surface area (Å²) in [6.07, 6.45) is 3.51. The molecular formula is C31H41N7O2. The summed E-state index contributed by atoms with van der Waals surface area (Å²) >= 11 is 0. The van der Waals surface area contributed by atoms with Crippen LogP contribution in [0.15, 0.2) is 60.8 Å². The predicted molar refractivity (Wildman–Crippen MR) is 160 cm³/mol. The molecule has 0 aliphatic carbocycles. The van der Waals surface area contributed by atoms with Gasteiger partial charge in [-0.1, -0.05) is 43.7 Å². The number of carbonyl (C=O) groups excluding carboxylic acids is 2. The fourth-order valence-corrected chi connectivity index (χ4v) is 4.83. The Bertz CT molecular complexity index is 1240. The summed E-state index contributed by atoms with van der Waals surface area (Å²) < 4.78 is 0. The highest BCUT2D eigenvalue weighted by atomic mass is 16.2. The minimum atomic E-state index is -0.0868. The van der Waals surface area contributed by atoms with Gasteiger partial charge in [0.1, 0.15) is 5.82 Å². The lowest BCUT2D eigenvalue weighted by molar-refractivity contribution is -0.125. The summed E-state index contributed by atoms with van der Waals surface area (Å²) in [5.41, 5.74) is 3.71. The number of rotatable bonds is 12. The molecular weight excluding hydrogens is 502 g/mol. The molecule has 1 unspecified atom stereocenters. The maximum atomic E-state index is 12.9. The normalized spacial score (nSPS) is 15.1. The fourth-order valence-electron chi connectivity index (χ4n) is 4.83. The molecule has 2 aromatic carbocycles. The number of amides is 2. The van der Waals surface area contributed by atoms with Crippen molar-refractivity contribution in [2.75, 3.05) is 49.5 Å². The first-order valence-corrected chi connectivity index (χ1v) is 14.2. The highest BCUT2D eigenvalue weighted by Gasteiger charge is 2.26. The zero-order valence-corrected chi connectivity index (χ0v) is 23.8. The number of nitrogens with one attached hydrogen (secondary N) is 3. The topological polar surface area (TPSA) is 102 Å². The third-order valence-corrected chi connectivity index (χ3v) is 7.36. The Labute approximate surface area is 237 Å². The monoisotopic (exact) mass is 543 g/mol. The summed E-state index contributed by atoms with van der Waals surface area (Å²) in [4.78, 5) is 38.9. The Morgan fingerprint density at radius 3 is 2.48 bits per heavy atom. The van der Waals surface area contributed by atoms with Crippen LogP contribution in [-0.2, 0) is 11.3 Å². The van der Waals surface area contributed by atoms with Crippen molar-refractivity contribution in [2.24, 2.45) is 5.92 Å². The number of aromatic nitrogens is 2. The van der Waals surface area contributed by atoms with Crippen molar-refractivity contribution in [1.82, 2.24) is 25.5 Å². The quantitative estimate of drug-likeness (QED) is 0.316. The van der Waals surface area contributed by atoms with E-state index in [1.54, 1.807) is 18.3 Å². The molecule has 1 aliphatic rings. The van der Waals surface area contributed by atoms with Crippen molar-refractivity contribution in [1.29, 1.82) is 0 Å². The van der Waals surface area contributed by atoms with E-state index in [0.29, 0.717) is 31.1 Å². The number of piperidine rings is 1. The number of nitrogens with zero attached hydrogens (tertiary/aromatic N) is 4. The molecule has 1 aromatic heterocycles. The van der Waals surface area contributed by atoms with E-state index >= 15 is 0 Å². The van der Waals surface area contributed by atoms with Gasteiger partial charge in [0.15, 0.2) is 0 Å². The van der Waals surface area contributed by atoms with Gasteiger partial charge in [-0.2, -0.15) is 4.98 Å². The van der Waals surface area contributed by atoms with E-state index in [9.17, 15) is 9.59 Å². The van der Waals surface area contributed by atoms with Gasteiger partial charge in [-0.3, -0.25) is 9.59 Å². The fraction of sp³-hybridized carbons (Fsp3) is 0.419. The van der Waals surface area contributed by atoms with Gasteiger partial charge < -0.3 is 25.8 Å². The van der Waals surface area contributed by atoms with Crippen LogP contribution in [0.2, 0.25) is 0 Å². The Hall–Kier alpha value is -3.98. The van der Waals surface area contributed by atoms with E-state index in [4.69, 9.17) is 4.98 Å². The Morgan fingerprint density at radius 1 is 1.00 bits per heavy atom. The maximum absolute atomic E-state index is 12.9. The average molecular weight is 544 g/mol. The molecule has 9 nitrogen and oxygen atoms in total. The summed E-state index contributed by atoms with van der Waals surface area (Å²) in [7, 11) is 0. The van der Waals surface area contributed by atoms with Gasteiger partial charge in [-0.05, 0) is 68.8 Å². The molecule has 0 bridgehead atoms. The number of anilines is 3. The minimum absolute atomic E-state index is 0.0786. The molecule has 1 atom stereocenters. The van der Waals surface area contributed by atoms with Gasteiger partial charge >= 0.3 is 0 Å².